The van der Waals surface area contributed by atoms with Crippen molar-refractivity contribution in [3.8, 4) is 5.88 Å². The smallest absolute Gasteiger partial charge is 0.244 e. The van der Waals surface area contributed by atoms with E-state index in [4.69, 9.17) is 0 Å². The molecule has 8 nitrogen and oxygen atoms in total. The third-order valence-electron chi connectivity index (χ3n) is 5.13. The van der Waals surface area contributed by atoms with E-state index in [0.717, 1.165) is 41.3 Å². The van der Waals surface area contributed by atoms with Gasteiger partial charge in [0.1, 0.15) is 4.90 Å². The predicted molar refractivity (Wildman–Crippen MR) is 110 cm³/mol. The van der Waals surface area contributed by atoms with Gasteiger partial charge in [0.15, 0.2) is 11.5 Å². The van der Waals surface area contributed by atoms with Crippen molar-refractivity contribution in [2.75, 3.05) is 13.1 Å². The van der Waals surface area contributed by atoms with E-state index in [1.54, 1.807) is 0 Å². The summed E-state index contributed by atoms with van der Waals surface area (Å²) in [6.07, 6.45) is 4.13. The zero-order valence-electron chi connectivity index (χ0n) is 16.4. The van der Waals surface area contributed by atoms with Crippen molar-refractivity contribution >= 4 is 32.4 Å². The van der Waals surface area contributed by atoms with Crippen molar-refractivity contribution in [2.45, 2.75) is 38.0 Å². The van der Waals surface area contributed by atoms with Crippen LogP contribution in [0.5, 0.6) is 5.88 Å². The van der Waals surface area contributed by atoms with Crippen LogP contribution in [0, 0.1) is 13.8 Å². The Balaban J connectivity index is 1.60. The van der Waals surface area contributed by atoms with Crippen LogP contribution in [-0.2, 0) is 10.0 Å². The highest BCUT2D eigenvalue weighted by atomic mass is 32.2. The highest BCUT2D eigenvalue weighted by Gasteiger charge is 2.26. The fraction of sp³-hybridized carbons (Fsp3) is 0.350. The maximum absolute atomic E-state index is 12.7. The summed E-state index contributed by atoms with van der Waals surface area (Å²) in [6, 6.07) is 6.95. The molecule has 152 valence electrons. The normalized spacial score (nSPS) is 16.1. The van der Waals surface area contributed by atoms with Crippen LogP contribution in [0.25, 0.3) is 10.9 Å². The Kier molecular flexibility index (Phi) is 5.10. The topological polar surface area (TPSA) is 111 Å². The lowest BCUT2D eigenvalue weighted by molar-refractivity contribution is 0.346. The van der Waals surface area contributed by atoms with Gasteiger partial charge in [0.25, 0.3) is 0 Å². The van der Waals surface area contributed by atoms with E-state index in [2.05, 4.69) is 20.2 Å². The summed E-state index contributed by atoms with van der Waals surface area (Å²) in [6.45, 7) is 5.01. The van der Waals surface area contributed by atoms with Gasteiger partial charge in [0, 0.05) is 24.7 Å². The number of pyridine rings is 1. The molecule has 0 atom stereocenters. The molecule has 1 aromatic carbocycles. The fourth-order valence-corrected chi connectivity index (χ4v) is 5.13. The first-order valence-electron chi connectivity index (χ1n) is 9.56. The molecule has 0 radical (unpaired) electrons. The molecular formula is C20H23N5O3S. The molecule has 1 aliphatic heterocycles. The second kappa shape index (κ2) is 7.57. The highest BCUT2D eigenvalue weighted by Crippen LogP contribution is 2.38. The first kappa shape index (κ1) is 19.5. The molecule has 1 aliphatic rings. The molecule has 0 aliphatic carbocycles. The molecule has 9 heteroatoms. The Morgan fingerprint density at radius 1 is 1.10 bits per heavy atom. The van der Waals surface area contributed by atoms with E-state index in [1.165, 1.54) is 22.6 Å². The molecule has 0 unspecified atom stereocenters. The Hall–Kier alpha value is -2.78. The monoisotopic (exact) mass is 413 g/mol. The lowest BCUT2D eigenvalue weighted by atomic mass is 10.1. The molecule has 29 heavy (non-hydrogen) atoms. The van der Waals surface area contributed by atoms with E-state index in [9.17, 15) is 13.5 Å². The molecule has 3 heterocycles. The highest BCUT2D eigenvalue weighted by molar-refractivity contribution is 7.89. The van der Waals surface area contributed by atoms with Crippen LogP contribution in [0.15, 0.2) is 45.6 Å². The maximum Gasteiger partial charge on any atom is 0.244 e. The number of aromatic nitrogens is 2. The first-order valence-corrected chi connectivity index (χ1v) is 11.0. The summed E-state index contributed by atoms with van der Waals surface area (Å²) in [5.74, 6) is 0.197. The second-order valence-electron chi connectivity index (χ2n) is 7.34. The zero-order chi connectivity index (χ0) is 20.6. The summed E-state index contributed by atoms with van der Waals surface area (Å²) in [7, 11) is -3.53. The SMILES string of the molecule is Cc1cc(C)c2[nH]c(O)c(N=Nc3ccc(S(=O)(=O)N4CCCCC4)cn3)c2c1. The number of hydrogen-bond donors (Lipinski definition) is 2. The molecule has 2 aromatic heterocycles. The van der Waals surface area contributed by atoms with Gasteiger partial charge in [-0.05, 0) is 50.5 Å². The van der Waals surface area contributed by atoms with Crippen molar-refractivity contribution < 1.29 is 13.5 Å². The minimum Gasteiger partial charge on any atom is -0.493 e. The molecule has 1 fully saturated rings. The van der Waals surface area contributed by atoms with Crippen LogP contribution in [0.3, 0.4) is 0 Å². The lowest BCUT2D eigenvalue weighted by Crippen LogP contribution is -2.35. The molecule has 0 saturated carbocycles. The number of piperidine rings is 1. The molecule has 0 spiro atoms. The van der Waals surface area contributed by atoms with E-state index in [0.29, 0.717) is 18.8 Å². The molecule has 2 N–H and O–H groups in total. The maximum atomic E-state index is 12.7. The van der Waals surface area contributed by atoms with E-state index in [-0.39, 0.29) is 16.6 Å². The van der Waals surface area contributed by atoms with Crippen molar-refractivity contribution in [3.63, 3.8) is 0 Å². The minimum absolute atomic E-state index is 0.0678. The standard InChI is InChI=1S/C20H23N5O3S/c1-13-10-14(2)18-16(11-13)19(20(26)22-18)24-23-17-7-6-15(12-21-17)29(27,28)25-8-4-3-5-9-25/h6-7,10-12,22,26H,3-5,8-9H2,1-2H3. The number of aromatic hydroxyl groups is 1. The lowest BCUT2D eigenvalue weighted by Gasteiger charge is -2.25. The number of H-pyrrole nitrogens is 1. The van der Waals surface area contributed by atoms with Gasteiger partial charge in [-0.2, -0.15) is 4.31 Å². The zero-order valence-corrected chi connectivity index (χ0v) is 17.2. The number of rotatable bonds is 4. The summed E-state index contributed by atoms with van der Waals surface area (Å²) in [5, 5.41) is 19.2. The van der Waals surface area contributed by atoms with Gasteiger partial charge in [-0.15, -0.1) is 10.2 Å². The summed E-state index contributed by atoms with van der Waals surface area (Å²) >= 11 is 0. The van der Waals surface area contributed by atoms with Crippen LogP contribution < -0.4 is 0 Å². The Bertz CT molecular complexity index is 1180. The van der Waals surface area contributed by atoms with Gasteiger partial charge in [-0.25, -0.2) is 13.4 Å². The number of hydrogen-bond acceptors (Lipinski definition) is 6. The van der Waals surface area contributed by atoms with Crippen molar-refractivity contribution in [3.05, 3.63) is 41.6 Å². The number of nitrogens with one attached hydrogen (secondary N) is 1. The van der Waals surface area contributed by atoms with Gasteiger partial charge >= 0.3 is 0 Å². The van der Waals surface area contributed by atoms with Crippen molar-refractivity contribution in [1.82, 2.24) is 14.3 Å². The first-order chi connectivity index (χ1) is 13.9. The molecule has 0 amide bonds. The number of aromatic amines is 1. The van der Waals surface area contributed by atoms with E-state index >= 15 is 0 Å². The molecule has 0 bridgehead atoms. The van der Waals surface area contributed by atoms with Crippen LogP contribution in [0.4, 0.5) is 11.5 Å². The number of benzene rings is 1. The van der Waals surface area contributed by atoms with Crippen LogP contribution in [0.2, 0.25) is 0 Å². The molecular weight excluding hydrogens is 390 g/mol. The minimum atomic E-state index is -3.53. The van der Waals surface area contributed by atoms with Gasteiger partial charge in [0.2, 0.25) is 15.9 Å². The van der Waals surface area contributed by atoms with Gasteiger partial charge in [0.05, 0.1) is 5.52 Å². The number of sulfonamides is 1. The Morgan fingerprint density at radius 3 is 2.55 bits per heavy atom. The van der Waals surface area contributed by atoms with Crippen LogP contribution in [-0.4, -0.2) is 40.9 Å². The quantitative estimate of drug-likeness (QED) is 0.614. The Labute approximate surface area is 169 Å². The average molecular weight is 414 g/mol. The largest absolute Gasteiger partial charge is 0.493 e. The molecule has 3 aromatic rings. The van der Waals surface area contributed by atoms with Gasteiger partial charge in [-0.3, -0.25) is 0 Å². The predicted octanol–water partition coefficient (Wildman–Crippen LogP) is 4.48. The Morgan fingerprint density at radius 2 is 1.86 bits per heavy atom. The van der Waals surface area contributed by atoms with Crippen molar-refractivity contribution in [1.29, 1.82) is 0 Å². The van der Waals surface area contributed by atoms with Gasteiger partial charge < -0.3 is 10.1 Å². The van der Waals surface area contributed by atoms with Crippen LogP contribution >= 0.6 is 0 Å². The van der Waals surface area contributed by atoms with E-state index in [1.807, 2.05) is 26.0 Å². The van der Waals surface area contributed by atoms with Crippen molar-refractivity contribution in [2.24, 2.45) is 10.2 Å². The number of nitrogens with zero attached hydrogens (tertiary/aromatic N) is 4. The molecule has 1 saturated heterocycles. The third kappa shape index (κ3) is 3.75. The average Bonchev–Trinajstić information content (AvgIpc) is 3.03. The summed E-state index contributed by atoms with van der Waals surface area (Å²) < 4.78 is 26.9. The summed E-state index contributed by atoms with van der Waals surface area (Å²) in [4.78, 5) is 7.20. The number of fused-ring (bicyclic) bond motifs is 1. The molecule has 4 rings (SSSR count). The number of azo groups is 1. The second-order valence-corrected chi connectivity index (χ2v) is 9.28. The summed E-state index contributed by atoms with van der Waals surface area (Å²) in [5.41, 5.74) is 3.19. The third-order valence-corrected chi connectivity index (χ3v) is 7.01. The number of aryl methyl sites for hydroxylation is 2. The van der Waals surface area contributed by atoms with Crippen LogP contribution in [0.1, 0.15) is 30.4 Å². The fourth-order valence-electron chi connectivity index (χ4n) is 3.67. The van der Waals surface area contributed by atoms with Gasteiger partial charge in [-0.1, -0.05) is 18.1 Å². The van der Waals surface area contributed by atoms with E-state index < -0.39 is 10.0 Å².